The predicted octanol–water partition coefficient (Wildman–Crippen LogP) is 11.6. The number of benzene rings is 6. The summed E-state index contributed by atoms with van der Waals surface area (Å²) in [6.07, 6.45) is 4.32. The molecule has 0 aromatic heterocycles. The zero-order valence-corrected chi connectivity index (χ0v) is 26.7. The summed E-state index contributed by atoms with van der Waals surface area (Å²) in [7, 11) is -1.38. The van der Waals surface area contributed by atoms with Crippen LogP contribution in [0.5, 0.6) is 11.5 Å². The Labute approximate surface area is 261 Å². The Balaban J connectivity index is 1.38. The highest BCUT2D eigenvalue weighted by Crippen LogP contribution is 2.65. The second-order valence-electron chi connectivity index (χ2n) is 10.7. The molecule has 0 radical (unpaired) electrons. The van der Waals surface area contributed by atoms with Crippen molar-refractivity contribution in [3.05, 3.63) is 127 Å². The van der Waals surface area contributed by atoms with Gasteiger partial charge in [-0.2, -0.15) is 10.0 Å². The van der Waals surface area contributed by atoms with Crippen molar-refractivity contribution >= 4 is 43.3 Å². The molecule has 0 aliphatic heterocycles. The molecule has 6 rings (SSSR count). The van der Waals surface area contributed by atoms with E-state index in [-0.39, 0.29) is 0 Å². The molecule has 6 aromatic carbocycles. The van der Waals surface area contributed by atoms with Gasteiger partial charge in [-0.25, -0.2) is 0 Å². The minimum Gasteiger partial charge on any atom is -0.492 e. The van der Waals surface area contributed by atoms with E-state index in [9.17, 15) is 0 Å². The minimum absolute atomic E-state index is 0.678. The molecule has 0 fully saturated rings. The zero-order chi connectivity index (χ0) is 29.6. The van der Waals surface area contributed by atoms with Crippen LogP contribution in [0.4, 0.5) is 0 Å². The van der Waals surface area contributed by atoms with Crippen molar-refractivity contribution in [3.63, 3.8) is 0 Å². The fourth-order valence-corrected chi connectivity index (χ4v) is 9.33. The molecule has 0 saturated carbocycles. The third kappa shape index (κ3) is 5.87. The van der Waals surface area contributed by atoms with E-state index in [4.69, 9.17) is 9.47 Å². The molecule has 0 amide bonds. The molecule has 0 bridgehead atoms. The molecule has 0 saturated heterocycles. The van der Waals surface area contributed by atoms with E-state index in [0.29, 0.717) is 13.2 Å². The Morgan fingerprint density at radius 2 is 0.930 bits per heavy atom. The van der Waals surface area contributed by atoms with Gasteiger partial charge in [-0.3, -0.25) is 0 Å². The maximum Gasteiger partial charge on any atom is 0.135 e. The van der Waals surface area contributed by atoms with Crippen molar-refractivity contribution in [1.82, 2.24) is 0 Å². The van der Waals surface area contributed by atoms with Crippen LogP contribution in [0.3, 0.4) is 0 Å². The zero-order valence-electron chi connectivity index (χ0n) is 25.1. The summed E-state index contributed by atoms with van der Waals surface area (Å²) in [5.41, 5.74) is 0. The van der Waals surface area contributed by atoms with Crippen LogP contribution in [0, 0.1) is 0 Å². The molecule has 0 unspecified atom stereocenters. The van der Waals surface area contributed by atoms with Crippen molar-refractivity contribution in [1.29, 1.82) is 0 Å². The van der Waals surface area contributed by atoms with E-state index in [1.54, 1.807) is 11.8 Å². The van der Waals surface area contributed by atoms with E-state index in [0.717, 1.165) is 45.9 Å². The van der Waals surface area contributed by atoms with Gasteiger partial charge in [0.25, 0.3) is 0 Å². The van der Waals surface area contributed by atoms with Gasteiger partial charge in [-0.1, -0.05) is 86.3 Å². The van der Waals surface area contributed by atoms with Gasteiger partial charge in [0, 0.05) is 31.3 Å². The van der Waals surface area contributed by atoms with Crippen LogP contribution in [-0.4, -0.2) is 19.5 Å². The average molecular weight is 603 g/mol. The number of fused-ring (bicyclic) bond motifs is 2. The standard InChI is InChI=1S/C39H38O2S2/c1-4-26-40-38-34-18-12-13-19-35(34)39(41-27-5-2)37-28-30(22-25-36(37)38)42-29-20-23-33(24-21-29)43(3,31-14-8-6-9-15-31)32-16-10-7-11-17-32/h6-25,28H,4-5,26-27H2,1-3H3. The summed E-state index contributed by atoms with van der Waals surface area (Å²) in [5.74, 6) is 1.89. The topological polar surface area (TPSA) is 18.5 Å². The third-order valence-electron chi connectivity index (χ3n) is 7.76. The first kappa shape index (κ1) is 29.2. The minimum atomic E-state index is -1.38. The number of hydrogen-bond acceptors (Lipinski definition) is 3. The van der Waals surface area contributed by atoms with Gasteiger partial charge >= 0.3 is 0 Å². The van der Waals surface area contributed by atoms with Gasteiger partial charge in [-0.05, 0) is 101 Å². The highest BCUT2D eigenvalue weighted by Gasteiger charge is 2.25. The lowest BCUT2D eigenvalue weighted by Gasteiger charge is -2.37. The Bertz CT molecular complexity index is 1780. The quantitative estimate of drug-likeness (QED) is 0.137. The fraction of sp³-hybridized carbons (Fsp3) is 0.179. The molecule has 0 aliphatic carbocycles. The molecule has 218 valence electrons. The van der Waals surface area contributed by atoms with Gasteiger partial charge in [-0.15, -0.1) is 0 Å². The van der Waals surface area contributed by atoms with Crippen LogP contribution < -0.4 is 9.47 Å². The van der Waals surface area contributed by atoms with Gasteiger partial charge < -0.3 is 9.47 Å². The lowest BCUT2D eigenvalue weighted by molar-refractivity contribution is 0.319. The second-order valence-corrected chi connectivity index (χ2v) is 15.1. The van der Waals surface area contributed by atoms with Crippen LogP contribution in [0.1, 0.15) is 26.7 Å². The van der Waals surface area contributed by atoms with E-state index in [1.807, 2.05) is 0 Å². The van der Waals surface area contributed by atoms with Crippen molar-refractivity contribution in [2.75, 3.05) is 19.5 Å². The Hall–Kier alpha value is -3.86. The summed E-state index contributed by atoms with van der Waals surface area (Å²) in [6, 6.07) is 46.1. The Morgan fingerprint density at radius 3 is 1.47 bits per heavy atom. The van der Waals surface area contributed by atoms with Gasteiger partial charge in [0.15, 0.2) is 0 Å². The normalized spacial score (nSPS) is 12.0. The molecule has 0 heterocycles. The van der Waals surface area contributed by atoms with Crippen LogP contribution in [-0.2, 0) is 0 Å². The van der Waals surface area contributed by atoms with Crippen molar-refractivity contribution in [2.45, 2.75) is 51.2 Å². The summed E-state index contributed by atoms with van der Waals surface area (Å²) in [5, 5.41) is 4.41. The van der Waals surface area contributed by atoms with Gasteiger partial charge in [0.05, 0.1) is 13.2 Å². The van der Waals surface area contributed by atoms with Crippen molar-refractivity contribution < 1.29 is 9.47 Å². The average Bonchev–Trinajstić information content (AvgIpc) is 3.07. The van der Waals surface area contributed by atoms with Crippen LogP contribution in [0.25, 0.3) is 21.5 Å². The second kappa shape index (κ2) is 13.2. The maximum absolute atomic E-state index is 6.42. The lowest BCUT2D eigenvalue weighted by Crippen LogP contribution is -2.01. The largest absolute Gasteiger partial charge is 0.492 e. The molecular weight excluding hydrogens is 565 g/mol. The van der Waals surface area contributed by atoms with E-state index >= 15 is 0 Å². The Kier molecular flexibility index (Phi) is 8.97. The smallest absolute Gasteiger partial charge is 0.135 e. The first-order chi connectivity index (χ1) is 21.1. The summed E-state index contributed by atoms with van der Waals surface area (Å²) in [4.78, 5) is 6.48. The van der Waals surface area contributed by atoms with Crippen molar-refractivity contribution in [2.24, 2.45) is 0 Å². The van der Waals surface area contributed by atoms with Crippen LogP contribution >= 0.6 is 21.8 Å². The first-order valence-electron chi connectivity index (χ1n) is 15.0. The molecule has 4 heteroatoms. The highest BCUT2D eigenvalue weighted by atomic mass is 32.3. The van der Waals surface area contributed by atoms with Crippen LogP contribution in [0.2, 0.25) is 0 Å². The van der Waals surface area contributed by atoms with E-state index < -0.39 is 10.0 Å². The summed E-state index contributed by atoms with van der Waals surface area (Å²) in [6.45, 7) is 5.66. The molecule has 6 aromatic rings. The van der Waals surface area contributed by atoms with E-state index in [2.05, 4.69) is 147 Å². The molecule has 0 aliphatic rings. The summed E-state index contributed by atoms with van der Waals surface area (Å²) < 4.78 is 12.8. The number of rotatable bonds is 11. The number of ether oxygens (including phenoxy) is 2. The van der Waals surface area contributed by atoms with Crippen molar-refractivity contribution in [3.8, 4) is 11.5 Å². The molecule has 0 N–H and O–H groups in total. The molecular formula is C39H38O2S2. The molecule has 0 spiro atoms. The highest BCUT2D eigenvalue weighted by molar-refractivity contribution is 8.33. The molecule has 0 atom stereocenters. The molecule has 43 heavy (non-hydrogen) atoms. The summed E-state index contributed by atoms with van der Waals surface area (Å²) >= 11 is 1.79. The number of hydrogen-bond donors (Lipinski definition) is 0. The molecule has 2 nitrogen and oxygen atoms in total. The lowest BCUT2D eigenvalue weighted by atomic mass is 10.0. The third-order valence-corrected chi connectivity index (χ3v) is 12.4. The van der Waals surface area contributed by atoms with Gasteiger partial charge in [0.1, 0.15) is 11.5 Å². The first-order valence-corrected chi connectivity index (χ1v) is 17.9. The van der Waals surface area contributed by atoms with Gasteiger partial charge in [0.2, 0.25) is 0 Å². The van der Waals surface area contributed by atoms with E-state index in [1.165, 1.54) is 24.5 Å². The van der Waals surface area contributed by atoms with Crippen LogP contribution in [0.15, 0.2) is 152 Å². The monoisotopic (exact) mass is 602 g/mol. The SMILES string of the molecule is CCCOc1c2ccccc2c(OCCC)c2cc(Sc3ccc(S(C)(c4ccccc4)c4ccccc4)cc3)ccc12. The predicted molar refractivity (Wildman–Crippen MR) is 185 cm³/mol. The Morgan fingerprint density at radius 1 is 0.488 bits per heavy atom. The fourth-order valence-electron chi connectivity index (χ4n) is 5.57. The maximum atomic E-state index is 6.42.